The van der Waals surface area contributed by atoms with Gasteiger partial charge >= 0.3 is 0 Å². The number of rotatable bonds is 2. The van der Waals surface area contributed by atoms with Crippen LogP contribution in [0.3, 0.4) is 0 Å². The Labute approximate surface area is 132 Å². The summed E-state index contributed by atoms with van der Waals surface area (Å²) in [5, 5.41) is 0. The van der Waals surface area contributed by atoms with Crippen LogP contribution in [0.5, 0.6) is 0 Å². The van der Waals surface area contributed by atoms with Crippen LogP contribution in [0.1, 0.15) is 20.3 Å². The average molecular weight is 309 g/mol. The Morgan fingerprint density at radius 3 is 2.36 bits per heavy atom. The number of likely N-dealkylation sites (N-methyl/N-ethyl adjacent to an activating group) is 1. The molecule has 0 aromatic rings. The number of hydrogen-bond donors (Lipinski definition) is 0. The van der Waals surface area contributed by atoms with Gasteiger partial charge in [-0.3, -0.25) is 9.59 Å². The van der Waals surface area contributed by atoms with Crippen molar-refractivity contribution in [2.75, 3.05) is 39.8 Å². The molecule has 2 amide bonds. The van der Waals surface area contributed by atoms with Crippen LogP contribution in [-0.2, 0) is 14.3 Å². The van der Waals surface area contributed by atoms with Gasteiger partial charge in [0.1, 0.15) is 5.60 Å². The Morgan fingerprint density at radius 2 is 2.00 bits per heavy atom. The summed E-state index contributed by atoms with van der Waals surface area (Å²) < 4.78 is 5.49. The van der Waals surface area contributed by atoms with E-state index in [2.05, 4.69) is 25.5 Å². The van der Waals surface area contributed by atoms with Crippen molar-refractivity contribution >= 4 is 12.3 Å². The molecule has 3 rings (SSSR count). The molecular formula is C16H27N3O3. The molecule has 22 heavy (non-hydrogen) atoms. The van der Waals surface area contributed by atoms with Crippen LogP contribution in [0.2, 0.25) is 0 Å². The first-order valence-electron chi connectivity index (χ1n) is 7.90. The molecular weight excluding hydrogens is 282 g/mol. The van der Waals surface area contributed by atoms with Crippen molar-refractivity contribution in [3.8, 4) is 0 Å². The quantitative estimate of drug-likeness (QED) is 0.419. The number of nitrogens with zero attached hydrogens (tertiary/aromatic N) is 3. The summed E-state index contributed by atoms with van der Waals surface area (Å²) in [7, 11) is 2.16. The van der Waals surface area contributed by atoms with Gasteiger partial charge in [-0.2, -0.15) is 0 Å². The van der Waals surface area contributed by atoms with Crippen LogP contribution in [0.4, 0.5) is 0 Å². The molecule has 0 N–H and O–H groups in total. The van der Waals surface area contributed by atoms with Crippen molar-refractivity contribution < 1.29 is 14.3 Å². The van der Waals surface area contributed by atoms with Gasteiger partial charge in [0.25, 0.3) is 0 Å². The summed E-state index contributed by atoms with van der Waals surface area (Å²) in [6.45, 7) is 11.7. The largest absolute Gasteiger partial charge is 0.365 e. The fraction of sp³-hybridized carbons (Fsp3) is 0.750. The van der Waals surface area contributed by atoms with E-state index >= 15 is 0 Å². The standard InChI is InChI=1S/C9H14N2O2.C7H13NO/c1-3-9(13)11-5-4-10(7-12)6-8(11)2;1-6-7(9-6)3-4-8(2)5-7/h3,7-8H,1,4-6H2,2H3;6H,3-5H2,1-2H3. The normalized spacial score (nSPS) is 34.1. The van der Waals surface area contributed by atoms with Crippen LogP contribution in [0.15, 0.2) is 12.7 Å². The van der Waals surface area contributed by atoms with Gasteiger partial charge in [-0.25, -0.2) is 0 Å². The first kappa shape index (κ1) is 17.0. The van der Waals surface area contributed by atoms with E-state index in [1.54, 1.807) is 9.80 Å². The molecule has 3 heterocycles. The first-order valence-corrected chi connectivity index (χ1v) is 7.90. The zero-order valence-electron chi connectivity index (χ0n) is 13.8. The van der Waals surface area contributed by atoms with Gasteiger partial charge in [-0.1, -0.05) is 6.58 Å². The van der Waals surface area contributed by atoms with E-state index in [-0.39, 0.29) is 11.9 Å². The molecule has 6 nitrogen and oxygen atoms in total. The van der Waals surface area contributed by atoms with Crippen LogP contribution < -0.4 is 0 Å². The highest BCUT2D eigenvalue weighted by atomic mass is 16.6. The molecule has 3 aliphatic rings. The predicted octanol–water partition coefficient (Wildman–Crippen LogP) is 0.341. The molecule has 0 aromatic carbocycles. The van der Waals surface area contributed by atoms with Crippen LogP contribution in [0, 0.1) is 0 Å². The van der Waals surface area contributed by atoms with E-state index < -0.39 is 0 Å². The molecule has 1 spiro atoms. The Morgan fingerprint density at radius 1 is 1.32 bits per heavy atom. The molecule has 0 bridgehead atoms. The summed E-state index contributed by atoms with van der Waals surface area (Å²) in [6.07, 6.45) is 3.91. The second-order valence-electron chi connectivity index (χ2n) is 6.50. The molecule has 3 aliphatic heterocycles. The highest BCUT2D eigenvalue weighted by Crippen LogP contribution is 2.43. The zero-order chi connectivity index (χ0) is 16.3. The summed E-state index contributed by atoms with van der Waals surface area (Å²) in [6, 6.07) is 0.0875. The maximum atomic E-state index is 11.3. The Hall–Kier alpha value is -1.40. The van der Waals surface area contributed by atoms with E-state index in [4.69, 9.17) is 4.74 Å². The van der Waals surface area contributed by atoms with Crippen LogP contribution in [-0.4, -0.2) is 84.5 Å². The minimum atomic E-state index is -0.0574. The van der Waals surface area contributed by atoms with E-state index in [0.717, 1.165) is 13.0 Å². The predicted molar refractivity (Wildman–Crippen MR) is 84.4 cm³/mol. The van der Waals surface area contributed by atoms with Crippen molar-refractivity contribution in [1.82, 2.24) is 14.7 Å². The van der Waals surface area contributed by atoms with Crippen molar-refractivity contribution in [2.45, 2.75) is 38.0 Å². The molecule has 3 atom stereocenters. The molecule has 3 fully saturated rings. The topological polar surface area (TPSA) is 56.4 Å². The van der Waals surface area contributed by atoms with E-state index in [0.29, 0.717) is 31.3 Å². The van der Waals surface area contributed by atoms with Gasteiger partial charge in [0.2, 0.25) is 12.3 Å². The number of carbonyl (C=O) groups excluding carboxylic acids is 2. The zero-order valence-corrected chi connectivity index (χ0v) is 13.8. The molecule has 124 valence electrons. The van der Waals surface area contributed by atoms with Gasteiger partial charge < -0.3 is 19.4 Å². The molecule has 6 heteroatoms. The lowest BCUT2D eigenvalue weighted by molar-refractivity contribution is -0.133. The highest BCUT2D eigenvalue weighted by Gasteiger charge is 2.56. The fourth-order valence-corrected chi connectivity index (χ4v) is 3.27. The lowest BCUT2D eigenvalue weighted by Crippen LogP contribution is -2.53. The van der Waals surface area contributed by atoms with E-state index in [9.17, 15) is 9.59 Å². The lowest BCUT2D eigenvalue weighted by Gasteiger charge is -2.37. The van der Waals surface area contributed by atoms with Gasteiger partial charge in [0, 0.05) is 38.8 Å². The number of epoxide rings is 1. The Kier molecular flexibility index (Phi) is 5.24. The monoisotopic (exact) mass is 309 g/mol. The number of likely N-dealkylation sites (tertiary alicyclic amines) is 1. The van der Waals surface area contributed by atoms with Crippen molar-refractivity contribution in [2.24, 2.45) is 0 Å². The Balaban J connectivity index is 0.000000170. The average Bonchev–Trinajstić information content (AvgIpc) is 2.96. The van der Waals surface area contributed by atoms with Crippen LogP contribution >= 0.6 is 0 Å². The van der Waals surface area contributed by atoms with Gasteiger partial charge in [-0.05, 0) is 33.4 Å². The molecule has 0 aromatic heterocycles. The number of ether oxygens (including phenoxy) is 1. The first-order chi connectivity index (χ1) is 10.4. The third-order valence-corrected chi connectivity index (χ3v) is 4.82. The molecule has 3 unspecified atom stereocenters. The molecule has 0 saturated carbocycles. The second kappa shape index (κ2) is 6.79. The SMILES string of the molecule is C=CC(=O)N1CCN(C=O)CC1C.CC1OC12CCN(C)C2. The van der Waals surface area contributed by atoms with Crippen molar-refractivity contribution in [3.05, 3.63) is 12.7 Å². The molecule has 0 aliphatic carbocycles. The maximum Gasteiger partial charge on any atom is 0.246 e. The van der Waals surface area contributed by atoms with Crippen LogP contribution in [0.25, 0.3) is 0 Å². The molecule has 0 radical (unpaired) electrons. The van der Waals surface area contributed by atoms with E-state index in [1.165, 1.54) is 19.0 Å². The fourth-order valence-electron chi connectivity index (χ4n) is 3.27. The lowest BCUT2D eigenvalue weighted by atomic mass is 10.1. The smallest absolute Gasteiger partial charge is 0.246 e. The number of hydrogen-bond acceptors (Lipinski definition) is 4. The minimum Gasteiger partial charge on any atom is -0.365 e. The summed E-state index contributed by atoms with van der Waals surface area (Å²) >= 11 is 0. The summed E-state index contributed by atoms with van der Waals surface area (Å²) in [5.41, 5.74) is 0.300. The summed E-state index contributed by atoms with van der Waals surface area (Å²) in [4.78, 5) is 27.5. The number of piperazine rings is 1. The molecule has 3 saturated heterocycles. The third-order valence-electron chi connectivity index (χ3n) is 4.82. The Bertz CT molecular complexity index is 440. The maximum absolute atomic E-state index is 11.3. The number of carbonyl (C=O) groups is 2. The third kappa shape index (κ3) is 3.67. The minimum absolute atomic E-state index is 0.0574. The van der Waals surface area contributed by atoms with Gasteiger partial charge in [0.05, 0.1) is 6.10 Å². The van der Waals surface area contributed by atoms with E-state index in [1.807, 2.05) is 6.92 Å². The highest BCUT2D eigenvalue weighted by molar-refractivity contribution is 5.87. The van der Waals surface area contributed by atoms with Gasteiger partial charge in [-0.15, -0.1) is 0 Å². The number of amides is 2. The van der Waals surface area contributed by atoms with Crippen molar-refractivity contribution in [3.63, 3.8) is 0 Å². The summed E-state index contributed by atoms with van der Waals surface area (Å²) in [5.74, 6) is -0.0574. The van der Waals surface area contributed by atoms with Gasteiger partial charge in [0.15, 0.2) is 0 Å². The second-order valence-corrected chi connectivity index (χ2v) is 6.50. The van der Waals surface area contributed by atoms with Crippen molar-refractivity contribution in [1.29, 1.82) is 0 Å².